The Balaban J connectivity index is 1.51. The van der Waals surface area contributed by atoms with Crippen molar-refractivity contribution in [1.82, 2.24) is 10.2 Å². The van der Waals surface area contributed by atoms with E-state index >= 15 is 0 Å². The smallest absolute Gasteiger partial charge is 0.225 e. The maximum Gasteiger partial charge on any atom is 0.225 e. The summed E-state index contributed by atoms with van der Waals surface area (Å²) in [6, 6.07) is 17.5. The third-order valence-corrected chi connectivity index (χ3v) is 5.16. The number of nitrogens with one attached hydrogen (secondary N) is 1. The molecular weight excluding hydrogens is 348 g/mol. The Labute approximate surface area is 159 Å². The van der Waals surface area contributed by atoms with Gasteiger partial charge in [-0.1, -0.05) is 54.1 Å². The molecule has 1 heterocycles. The molecule has 2 aromatic carbocycles. The molecule has 5 heteroatoms. The topological polar surface area (TPSA) is 49.4 Å². The maximum absolute atomic E-state index is 12.4. The van der Waals surface area contributed by atoms with Gasteiger partial charge in [-0.2, -0.15) is 0 Å². The first kappa shape index (κ1) is 18.5. The Bertz CT molecular complexity index is 761. The Morgan fingerprint density at radius 2 is 1.88 bits per heavy atom. The summed E-state index contributed by atoms with van der Waals surface area (Å²) in [5, 5.41) is 3.66. The van der Waals surface area contributed by atoms with Crippen LogP contribution >= 0.6 is 11.6 Å². The van der Waals surface area contributed by atoms with Gasteiger partial charge in [-0.05, 0) is 36.6 Å². The molecule has 3 rings (SSSR count). The third kappa shape index (κ3) is 4.44. The highest BCUT2D eigenvalue weighted by Crippen LogP contribution is 2.28. The number of likely N-dealkylation sites (tertiary alicyclic amines) is 1. The summed E-state index contributed by atoms with van der Waals surface area (Å²) < 4.78 is 0. The first-order valence-electron chi connectivity index (χ1n) is 8.91. The first-order chi connectivity index (χ1) is 12.5. The molecule has 1 aliphatic rings. The lowest BCUT2D eigenvalue weighted by atomic mass is 10.1. The molecule has 1 saturated heterocycles. The van der Waals surface area contributed by atoms with Crippen molar-refractivity contribution in [2.75, 3.05) is 13.1 Å². The number of amides is 2. The van der Waals surface area contributed by atoms with Crippen LogP contribution in [0, 0.1) is 5.92 Å². The molecule has 2 atom stereocenters. The van der Waals surface area contributed by atoms with Gasteiger partial charge in [-0.15, -0.1) is 0 Å². The van der Waals surface area contributed by atoms with Crippen LogP contribution in [0.15, 0.2) is 54.6 Å². The van der Waals surface area contributed by atoms with Crippen LogP contribution in [-0.4, -0.2) is 29.8 Å². The molecular formula is C21H23ClN2O2. The molecule has 0 saturated carbocycles. The van der Waals surface area contributed by atoms with Gasteiger partial charge >= 0.3 is 0 Å². The molecule has 1 aliphatic heterocycles. The van der Waals surface area contributed by atoms with E-state index in [0.29, 0.717) is 18.1 Å². The van der Waals surface area contributed by atoms with Crippen molar-refractivity contribution >= 4 is 23.4 Å². The van der Waals surface area contributed by atoms with E-state index in [1.807, 2.05) is 61.5 Å². The molecule has 0 aliphatic carbocycles. The monoisotopic (exact) mass is 370 g/mol. The predicted octanol–water partition coefficient (Wildman–Crippen LogP) is 3.61. The van der Waals surface area contributed by atoms with Crippen LogP contribution in [0.25, 0.3) is 0 Å². The molecule has 0 radical (unpaired) electrons. The zero-order chi connectivity index (χ0) is 18.5. The van der Waals surface area contributed by atoms with Gasteiger partial charge in [0.15, 0.2) is 0 Å². The lowest BCUT2D eigenvalue weighted by Gasteiger charge is -2.25. The van der Waals surface area contributed by atoms with E-state index in [4.69, 9.17) is 11.6 Å². The number of rotatable bonds is 6. The van der Waals surface area contributed by atoms with Gasteiger partial charge in [0.1, 0.15) is 0 Å². The Kier molecular flexibility index (Phi) is 5.94. The van der Waals surface area contributed by atoms with Crippen molar-refractivity contribution in [3.05, 3.63) is 70.7 Å². The van der Waals surface area contributed by atoms with Crippen LogP contribution in [-0.2, 0) is 16.0 Å². The van der Waals surface area contributed by atoms with Crippen molar-refractivity contribution in [2.45, 2.75) is 25.8 Å². The minimum Gasteiger partial charge on any atom is -0.355 e. The molecule has 2 amide bonds. The normalized spacial score (nSPS) is 18.0. The van der Waals surface area contributed by atoms with Crippen molar-refractivity contribution < 1.29 is 9.59 Å². The SMILES string of the molecule is CC(c1ccccc1)N1CC(C(=O)NCCc2ccc(Cl)cc2)CC1=O. The van der Waals surface area contributed by atoms with Crippen LogP contribution in [0.1, 0.15) is 30.5 Å². The molecule has 136 valence electrons. The van der Waals surface area contributed by atoms with Gasteiger partial charge in [0.05, 0.1) is 12.0 Å². The quantitative estimate of drug-likeness (QED) is 0.844. The number of hydrogen-bond donors (Lipinski definition) is 1. The maximum atomic E-state index is 12.4. The number of hydrogen-bond acceptors (Lipinski definition) is 2. The van der Waals surface area contributed by atoms with Crippen LogP contribution in [0.3, 0.4) is 0 Å². The van der Waals surface area contributed by atoms with Crippen molar-refractivity contribution in [3.8, 4) is 0 Å². The average molecular weight is 371 g/mol. The van der Waals surface area contributed by atoms with Gasteiger partial charge in [0.2, 0.25) is 11.8 Å². The fourth-order valence-corrected chi connectivity index (χ4v) is 3.44. The minimum absolute atomic E-state index is 0.0180. The van der Waals surface area contributed by atoms with E-state index in [0.717, 1.165) is 17.5 Å². The minimum atomic E-state index is -0.279. The van der Waals surface area contributed by atoms with E-state index in [2.05, 4.69) is 5.32 Å². The number of benzene rings is 2. The molecule has 0 bridgehead atoms. The third-order valence-electron chi connectivity index (χ3n) is 4.90. The average Bonchev–Trinajstić information content (AvgIpc) is 3.05. The highest BCUT2D eigenvalue weighted by atomic mass is 35.5. The molecule has 26 heavy (non-hydrogen) atoms. The van der Waals surface area contributed by atoms with E-state index in [1.54, 1.807) is 4.90 Å². The molecule has 1 fully saturated rings. The van der Waals surface area contributed by atoms with Gasteiger partial charge < -0.3 is 10.2 Å². The van der Waals surface area contributed by atoms with E-state index in [9.17, 15) is 9.59 Å². The van der Waals surface area contributed by atoms with Gasteiger partial charge in [0.25, 0.3) is 0 Å². The second-order valence-corrected chi connectivity index (χ2v) is 7.14. The molecule has 1 N–H and O–H groups in total. The summed E-state index contributed by atoms with van der Waals surface area (Å²) >= 11 is 5.87. The fraction of sp³-hybridized carbons (Fsp3) is 0.333. The second kappa shape index (κ2) is 8.37. The summed E-state index contributed by atoms with van der Waals surface area (Å²) in [6.07, 6.45) is 1.03. The summed E-state index contributed by atoms with van der Waals surface area (Å²) in [7, 11) is 0. The summed E-state index contributed by atoms with van der Waals surface area (Å²) in [5.41, 5.74) is 2.21. The van der Waals surface area contributed by atoms with Gasteiger partial charge in [-0.3, -0.25) is 9.59 Å². The number of halogens is 1. The summed E-state index contributed by atoms with van der Waals surface area (Å²) in [6.45, 7) is 3.04. The van der Waals surface area contributed by atoms with Crippen molar-refractivity contribution in [3.63, 3.8) is 0 Å². The molecule has 0 aromatic heterocycles. The molecule has 2 aromatic rings. The molecule has 2 unspecified atom stereocenters. The van der Waals surface area contributed by atoms with Crippen LogP contribution in [0.2, 0.25) is 5.02 Å². The summed E-state index contributed by atoms with van der Waals surface area (Å²) in [4.78, 5) is 26.6. The molecule has 4 nitrogen and oxygen atoms in total. The van der Waals surface area contributed by atoms with Crippen LogP contribution in [0.5, 0.6) is 0 Å². The lowest BCUT2D eigenvalue weighted by molar-refractivity contribution is -0.130. The zero-order valence-corrected chi connectivity index (χ0v) is 15.6. The largest absolute Gasteiger partial charge is 0.355 e. The van der Waals surface area contributed by atoms with Crippen LogP contribution < -0.4 is 5.32 Å². The van der Waals surface area contributed by atoms with E-state index in [-0.39, 0.29) is 30.2 Å². The zero-order valence-electron chi connectivity index (χ0n) is 14.8. The number of nitrogens with zero attached hydrogens (tertiary/aromatic N) is 1. The highest BCUT2D eigenvalue weighted by Gasteiger charge is 2.36. The Hall–Kier alpha value is -2.33. The van der Waals surface area contributed by atoms with E-state index < -0.39 is 0 Å². The highest BCUT2D eigenvalue weighted by molar-refractivity contribution is 6.30. The van der Waals surface area contributed by atoms with Crippen LogP contribution in [0.4, 0.5) is 0 Å². The standard InChI is InChI=1S/C21H23ClN2O2/c1-15(17-5-3-2-4-6-17)24-14-18(13-20(24)25)21(26)23-12-11-16-7-9-19(22)10-8-16/h2-10,15,18H,11-14H2,1H3,(H,23,26). The second-order valence-electron chi connectivity index (χ2n) is 6.70. The van der Waals surface area contributed by atoms with Crippen molar-refractivity contribution in [2.24, 2.45) is 5.92 Å². The molecule has 0 spiro atoms. The predicted molar refractivity (Wildman–Crippen MR) is 103 cm³/mol. The first-order valence-corrected chi connectivity index (χ1v) is 9.29. The fourth-order valence-electron chi connectivity index (χ4n) is 3.32. The summed E-state index contributed by atoms with van der Waals surface area (Å²) in [5.74, 6) is -0.284. The van der Waals surface area contributed by atoms with Gasteiger partial charge in [-0.25, -0.2) is 0 Å². The van der Waals surface area contributed by atoms with Gasteiger partial charge in [0, 0.05) is 24.5 Å². The lowest BCUT2D eigenvalue weighted by Crippen LogP contribution is -2.34. The number of carbonyl (C=O) groups excluding carboxylic acids is 2. The van der Waals surface area contributed by atoms with E-state index in [1.165, 1.54) is 0 Å². The Morgan fingerprint density at radius 1 is 1.19 bits per heavy atom. The van der Waals surface area contributed by atoms with Crippen molar-refractivity contribution in [1.29, 1.82) is 0 Å². The Morgan fingerprint density at radius 3 is 2.58 bits per heavy atom. The number of carbonyl (C=O) groups is 2.